The van der Waals surface area contributed by atoms with Gasteiger partial charge >= 0.3 is 5.97 Å². The van der Waals surface area contributed by atoms with Crippen molar-refractivity contribution < 1.29 is 19.1 Å². The highest BCUT2D eigenvalue weighted by molar-refractivity contribution is 7.12. The Balaban J connectivity index is 1.36. The SMILES string of the molecule is O=C(COC(=O)c1c2c(nc3ccccc13)C(=Cc1ccccc1)CC2)NNC(=O)c1cccs1. The summed E-state index contributed by atoms with van der Waals surface area (Å²) in [5.74, 6) is -1.67. The van der Waals surface area contributed by atoms with E-state index in [4.69, 9.17) is 9.72 Å². The van der Waals surface area contributed by atoms with Crippen LogP contribution >= 0.6 is 11.3 Å². The van der Waals surface area contributed by atoms with Gasteiger partial charge in [-0.3, -0.25) is 20.4 Å². The second-order valence-electron chi connectivity index (χ2n) is 7.97. The number of carbonyl (C=O) groups is 3. The molecule has 0 bridgehead atoms. The number of ether oxygens (including phenoxy) is 1. The third-order valence-corrected chi connectivity index (χ3v) is 6.55. The maximum Gasteiger partial charge on any atom is 0.339 e. The number of hydrogen-bond acceptors (Lipinski definition) is 6. The number of fused-ring (bicyclic) bond motifs is 2. The van der Waals surface area contributed by atoms with Gasteiger partial charge in [0.25, 0.3) is 11.8 Å². The van der Waals surface area contributed by atoms with Gasteiger partial charge in [0.1, 0.15) is 0 Å². The Morgan fingerprint density at radius 2 is 1.74 bits per heavy atom. The highest BCUT2D eigenvalue weighted by atomic mass is 32.1. The number of carbonyl (C=O) groups excluding carboxylic acids is 3. The van der Waals surface area contributed by atoms with Crippen LogP contribution in [0.3, 0.4) is 0 Å². The summed E-state index contributed by atoms with van der Waals surface area (Å²) in [7, 11) is 0. The molecular formula is C27H21N3O4S. The van der Waals surface area contributed by atoms with E-state index in [0.29, 0.717) is 27.8 Å². The van der Waals surface area contributed by atoms with E-state index in [1.807, 2.05) is 54.6 Å². The summed E-state index contributed by atoms with van der Waals surface area (Å²) < 4.78 is 5.35. The molecule has 4 aromatic rings. The summed E-state index contributed by atoms with van der Waals surface area (Å²) in [6, 6.07) is 20.8. The van der Waals surface area contributed by atoms with E-state index >= 15 is 0 Å². The van der Waals surface area contributed by atoms with E-state index in [-0.39, 0.29) is 0 Å². The highest BCUT2D eigenvalue weighted by Crippen LogP contribution is 2.37. The van der Waals surface area contributed by atoms with Crippen LogP contribution in [0.1, 0.15) is 43.3 Å². The summed E-state index contributed by atoms with van der Waals surface area (Å²) in [4.78, 5) is 42.6. The minimum absolute atomic E-state index is 0.428. The Morgan fingerprint density at radius 1 is 0.943 bits per heavy atom. The van der Waals surface area contributed by atoms with Crippen molar-refractivity contribution in [1.82, 2.24) is 15.8 Å². The Labute approximate surface area is 205 Å². The summed E-state index contributed by atoms with van der Waals surface area (Å²) in [6.45, 7) is -0.526. The lowest BCUT2D eigenvalue weighted by molar-refractivity contribution is -0.125. The van der Waals surface area contributed by atoms with Gasteiger partial charge < -0.3 is 4.74 Å². The molecule has 7 nitrogen and oxygen atoms in total. The number of aromatic nitrogens is 1. The van der Waals surface area contributed by atoms with Crippen molar-refractivity contribution in [3.63, 3.8) is 0 Å². The zero-order valence-electron chi connectivity index (χ0n) is 18.6. The van der Waals surface area contributed by atoms with Gasteiger partial charge in [0.05, 0.1) is 21.7 Å². The van der Waals surface area contributed by atoms with Crippen molar-refractivity contribution in [2.24, 2.45) is 0 Å². The van der Waals surface area contributed by atoms with Crippen molar-refractivity contribution >= 4 is 51.7 Å². The third kappa shape index (κ3) is 4.83. The number of nitrogens with zero attached hydrogens (tertiary/aromatic N) is 1. The molecule has 35 heavy (non-hydrogen) atoms. The number of esters is 1. The van der Waals surface area contributed by atoms with Crippen molar-refractivity contribution in [3.05, 3.63) is 99.4 Å². The number of allylic oxidation sites excluding steroid dienone is 1. The van der Waals surface area contributed by atoms with Crippen LogP contribution in [0.15, 0.2) is 72.1 Å². The minimum Gasteiger partial charge on any atom is -0.452 e. The fraction of sp³-hybridized carbons (Fsp3) is 0.111. The van der Waals surface area contributed by atoms with Crippen LogP contribution in [0.25, 0.3) is 22.6 Å². The molecular weight excluding hydrogens is 462 g/mol. The lowest BCUT2D eigenvalue weighted by atomic mass is 10.0. The van der Waals surface area contributed by atoms with Crippen LogP contribution < -0.4 is 10.9 Å². The van der Waals surface area contributed by atoms with Gasteiger partial charge in [0.15, 0.2) is 6.61 Å². The maximum absolute atomic E-state index is 13.2. The number of hydrazine groups is 1. The largest absolute Gasteiger partial charge is 0.452 e. The van der Waals surface area contributed by atoms with Crippen LogP contribution in [-0.4, -0.2) is 29.4 Å². The molecule has 1 aliphatic carbocycles. The molecule has 0 aliphatic heterocycles. The fourth-order valence-electron chi connectivity index (χ4n) is 4.10. The number of nitrogens with one attached hydrogen (secondary N) is 2. The molecule has 0 saturated heterocycles. The second-order valence-corrected chi connectivity index (χ2v) is 8.91. The number of benzene rings is 2. The lowest BCUT2D eigenvalue weighted by Crippen LogP contribution is -2.43. The number of para-hydroxylation sites is 1. The first-order chi connectivity index (χ1) is 17.1. The van der Waals surface area contributed by atoms with E-state index in [1.54, 1.807) is 17.5 Å². The Bertz CT molecular complexity index is 1450. The predicted octanol–water partition coefficient (Wildman–Crippen LogP) is 4.40. The molecule has 2 amide bonds. The first-order valence-corrected chi connectivity index (χ1v) is 12.0. The van der Waals surface area contributed by atoms with Crippen molar-refractivity contribution in [3.8, 4) is 0 Å². The molecule has 2 aromatic heterocycles. The summed E-state index contributed by atoms with van der Waals surface area (Å²) in [5, 5.41) is 2.44. The number of amides is 2. The molecule has 1 aliphatic rings. The van der Waals surface area contributed by atoms with Crippen LogP contribution in [-0.2, 0) is 16.0 Å². The smallest absolute Gasteiger partial charge is 0.339 e. The molecule has 2 heterocycles. The molecule has 5 rings (SSSR count). The monoisotopic (exact) mass is 483 g/mol. The normalized spacial score (nSPS) is 13.4. The summed E-state index contributed by atoms with van der Waals surface area (Å²) >= 11 is 1.25. The molecule has 0 fully saturated rings. The zero-order valence-corrected chi connectivity index (χ0v) is 19.4. The Kier molecular flexibility index (Phi) is 6.36. The van der Waals surface area contributed by atoms with Gasteiger partial charge in [0, 0.05) is 5.39 Å². The van der Waals surface area contributed by atoms with Gasteiger partial charge in [-0.1, -0.05) is 54.6 Å². The van der Waals surface area contributed by atoms with E-state index in [2.05, 4.69) is 16.9 Å². The molecule has 0 atom stereocenters. The summed E-state index contributed by atoms with van der Waals surface area (Å²) in [5.41, 5.74) is 9.42. The van der Waals surface area contributed by atoms with E-state index < -0.39 is 24.4 Å². The number of hydrogen-bond donors (Lipinski definition) is 2. The Hall–Kier alpha value is -4.30. The van der Waals surface area contributed by atoms with Crippen molar-refractivity contribution in [1.29, 1.82) is 0 Å². The Morgan fingerprint density at radius 3 is 2.54 bits per heavy atom. The minimum atomic E-state index is -0.636. The van der Waals surface area contributed by atoms with Gasteiger partial charge in [-0.15, -0.1) is 11.3 Å². The fourth-order valence-corrected chi connectivity index (χ4v) is 4.72. The van der Waals surface area contributed by atoms with Gasteiger partial charge in [-0.05, 0) is 53.1 Å². The second kappa shape index (κ2) is 9.90. The van der Waals surface area contributed by atoms with Gasteiger partial charge in [0.2, 0.25) is 0 Å². The van der Waals surface area contributed by atoms with Crippen molar-refractivity contribution in [2.75, 3.05) is 6.61 Å². The first-order valence-electron chi connectivity index (χ1n) is 11.1. The molecule has 2 aromatic carbocycles. The molecule has 0 saturated carbocycles. The number of rotatable bonds is 5. The van der Waals surface area contributed by atoms with E-state index in [0.717, 1.165) is 28.8 Å². The number of thiophene rings is 1. The zero-order chi connectivity index (χ0) is 24.2. The molecule has 0 radical (unpaired) electrons. The number of pyridine rings is 1. The average Bonchev–Trinajstić information content (AvgIpc) is 3.56. The van der Waals surface area contributed by atoms with E-state index in [9.17, 15) is 14.4 Å². The third-order valence-electron chi connectivity index (χ3n) is 5.68. The molecule has 2 N–H and O–H groups in total. The highest BCUT2D eigenvalue weighted by Gasteiger charge is 2.28. The van der Waals surface area contributed by atoms with Gasteiger partial charge in [-0.25, -0.2) is 9.78 Å². The quantitative estimate of drug-likeness (QED) is 0.324. The van der Waals surface area contributed by atoms with Crippen LogP contribution in [0, 0.1) is 0 Å². The maximum atomic E-state index is 13.2. The predicted molar refractivity (Wildman–Crippen MR) is 135 cm³/mol. The van der Waals surface area contributed by atoms with Gasteiger partial charge in [-0.2, -0.15) is 0 Å². The topological polar surface area (TPSA) is 97.4 Å². The standard InChI is InChI=1S/C27H21N3O4S/c31-23(29-30-26(32)22-11-6-14-35-22)16-34-27(33)24-19-9-4-5-10-21(19)28-25-18(12-13-20(24)25)15-17-7-2-1-3-8-17/h1-11,14-15H,12-13,16H2,(H,29,31)(H,30,32). The van der Waals surface area contributed by atoms with Crippen LogP contribution in [0.5, 0.6) is 0 Å². The molecule has 0 spiro atoms. The molecule has 174 valence electrons. The summed E-state index contributed by atoms with van der Waals surface area (Å²) in [6.07, 6.45) is 3.49. The van der Waals surface area contributed by atoms with Crippen LogP contribution in [0.4, 0.5) is 0 Å². The molecule has 0 unspecified atom stereocenters. The lowest BCUT2D eigenvalue weighted by Gasteiger charge is -2.12. The average molecular weight is 484 g/mol. The van der Waals surface area contributed by atoms with Crippen LogP contribution in [0.2, 0.25) is 0 Å². The van der Waals surface area contributed by atoms with E-state index in [1.165, 1.54) is 11.3 Å². The first kappa shape index (κ1) is 22.5. The van der Waals surface area contributed by atoms with Crippen molar-refractivity contribution in [2.45, 2.75) is 12.8 Å². The molecule has 8 heteroatoms.